The van der Waals surface area contributed by atoms with Gasteiger partial charge >= 0.3 is 18.1 Å². The molecule has 2 atom stereocenters. The molecule has 0 radical (unpaired) electrons. The first kappa shape index (κ1) is 30.8. The van der Waals surface area contributed by atoms with Crippen LogP contribution in [0.25, 0.3) is 0 Å². The topological polar surface area (TPSA) is 120 Å². The minimum atomic E-state index is -4.13. The molecular weight excluding hydrogens is 558 g/mol. The van der Waals surface area contributed by atoms with Gasteiger partial charge in [0, 0.05) is 42.3 Å². The van der Waals surface area contributed by atoms with Crippen molar-refractivity contribution in [2.24, 2.45) is 0 Å². The molecule has 0 aliphatic rings. The van der Waals surface area contributed by atoms with Crippen LogP contribution in [-0.4, -0.2) is 45.9 Å². The molecule has 0 bridgehead atoms. The Morgan fingerprint density at radius 2 is 1.12 bits per heavy atom. The molecule has 0 spiro atoms. The lowest BCUT2D eigenvalue weighted by Gasteiger charge is -2.30. The SMILES string of the molecule is O=C(N[C@@H](Cc1ccccc1)C(=O)C(F)(F)[C@H](Cc1ccccc1)NC(=O)OCc1cccnc1)OCc1cccnc1. The predicted molar refractivity (Wildman–Crippen MR) is 153 cm³/mol. The van der Waals surface area contributed by atoms with Gasteiger partial charge in [-0.25, -0.2) is 9.59 Å². The summed E-state index contributed by atoms with van der Waals surface area (Å²) in [5.74, 6) is -5.72. The smallest absolute Gasteiger partial charge is 0.408 e. The van der Waals surface area contributed by atoms with Crippen molar-refractivity contribution in [3.63, 3.8) is 0 Å². The zero-order valence-corrected chi connectivity index (χ0v) is 23.1. The second-order valence-electron chi connectivity index (χ2n) is 9.64. The molecular formula is C32H30F2N4O5. The summed E-state index contributed by atoms with van der Waals surface area (Å²) in [4.78, 5) is 46.7. The number of benzene rings is 2. The molecule has 4 aromatic rings. The Kier molecular flexibility index (Phi) is 10.8. The highest BCUT2D eigenvalue weighted by molar-refractivity contribution is 5.94. The number of hydrogen-bond donors (Lipinski definition) is 2. The Balaban J connectivity index is 1.53. The Bertz CT molecular complexity index is 1460. The van der Waals surface area contributed by atoms with Crippen LogP contribution in [0.3, 0.4) is 0 Å². The fourth-order valence-electron chi connectivity index (χ4n) is 4.22. The van der Waals surface area contributed by atoms with E-state index in [0.717, 1.165) is 0 Å². The lowest BCUT2D eigenvalue weighted by Crippen LogP contribution is -2.59. The van der Waals surface area contributed by atoms with E-state index in [1.165, 1.54) is 12.4 Å². The third-order valence-electron chi connectivity index (χ3n) is 6.42. The van der Waals surface area contributed by atoms with Gasteiger partial charge in [0.2, 0.25) is 5.78 Å². The number of carbonyl (C=O) groups is 3. The maximum Gasteiger partial charge on any atom is 0.408 e. The molecule has 2 aromatic carbocycles. The van der Waals surface area contributed by atoms with Crippen LogP contribution in [0.5, 0.6) is 0 Å². The summed E-state index contributed by atoms with van der Waals surface area (Å²) < 4.78 is 42.5. The van der Waals surface area contributed by atoms with Crippen LogP contribution in [-0.2, 0) is 40.3 Å². The predicted octanol–water partition coefficient (Wildman–Crippen LogP) is 5.06. The van der Waals surface area contributed by atoms with Gasteiger partial charge in [-0.2, -0.15) is 8.78 Å². The van der Waals surface area contributed by atoms with Gasteiger partial charge in [-0.3, -0.25) is 14.8 Å². The summed E-state index contributed by atoms with van der Waals surface area (Å²) in [6, 6.07) is 19.6. The van der Waals surface area contributed by atoms with Crippen molar-refractivity contribution in [1.82, 2.24) is 20.6 Å². The van der Waals surface area contributed by atoms with E-state index in [2.05, 4.69) is 20.6 Å². The van der Waals surface area contributed by atoms with Crippen molar-refractivity contribution in [1.29, 1.82) is 0 Å². The number of nitrogens with zero attached hydrogens (tertiary/aromatic N) is 2. The molecule has 11 heteroatoms. The lowest BCUT2D eigenvalue weighted by atomic mass is 9.91. The first-order valence-electron chi connectivity index (χ1n) is 13.5. The molecule has 2 amide bonds. The van der Waals surface area contributed by atoms with Gasteiger partial charge in [0.15, 0.2) is 0 Å². The average Bonchev–Trinajstić information content (AvgIpc) is 3.04. The summed E-state index contributed by atoms with van der Waals surface area (Å²) in [5.41, 5.74) is 2.12. The molecule has 43 heavy (non-hydrogen) atoms. The minimum absolute atomic E-state index is 0.177. The maximum atomic E-state index is 16.1. The number of pyridine rings is 2. The van der Waals surface area contributed by atoms with Gasteiger partial charge in [-0.05, 0) is 29.7 Å². The number of rotatable bonds is 13. The standard InChI is InChI=1S/C32H30F2N4O5/c33-32(34,28(18-24-11-5-2-6-12-24)38-31(41)43-22-26-14-8-16-36-20-26)29(39)27(17-23-9-3-1-4-10-23)37-30(40)42-21-25-13-7-15-35-19-25/h1-16,19-20,27-28H,17-18,21-22H2,(H,37,40)(H,38,41)/t27-,28-/m0/s1. The van der Waals surface area contributed by atoms with Gasteiger partial charge in [-0.15, -0.1) is 0 Å². The highest BCUT2D eigenvalue weighted by atomic mass is 19.3. The quantitative estimate of drug-likeness (QED) is 0.224. The van der Waals surface area contributed by atoms with Crippen LogP contribution in [0.4, 0.5) is 18.4 Å². The molecule has 0 unspecified atom stereocenters. The summed E-state index contributed by atoms with van der Waals surface area (Å²) in [6.07, 6.45) is 3.24. The third-order valence-corrected chi connectivity index (χ3v) is 6.42. The zero-order chi connectivity index (χ0) is 30.5. The molecule has 222 valence electrons. The number of alkyl carbamates (subject to hydrolysis) is 2. The van der Waals surface area contributed by atoms with Gasteiger partial charge < -0.3 is 20.1 Å². The van der Waals surface area contributed by atoms with Crippen molar-refractivity contribution in [3.8, 4) is 0 Å². The van der Waals surface area contributed by atoms with Crippen LogP contribution < -0.4 is 10.6 Å². The zero-order valence-electron chi connectivity index (χ0n) is 23.1. The summed E-state index contributed by atoms with van der Waals surface area (Å²) >= 11 is 0. The normalized spacial score (nSPS) is 12.4. The van der Waals surface area contributed by atoms with Crippen molar-refractivity contribution in [2.45, 2.75) is 44.1 Å². The number of ether oxygens (including phenoxy) is 2. The largest absolute Gasteiger partial charge is 0.445 e. The molecule has 0 aliphatic carbocycles. The molecule has 0 fully saturated rings. The number of amides is 2. The first-order valence-corrected chi connectivity index (χ1v) is 13.5. The number of carbonyl (C=O) groups excluding carboxylic acids is 3. The monoisotopic (exact) mass is 588 g/mol. The van der Waals surface area contributed by atoms with Gasteiger partial charge in [0.1, 0.15) is 25.3 Å². The van der Waals surface area contributed by atoms with Crippen LogP contribution in [0.2, 0.25) is 0 Å². The fraction of sp³-hybridized carbons (Fsp3) is 0.219. The van der Waals surface area contributed by atoms with Crippen LogP contribution in [0.1, 0.15) is 22.3 Å². The Hall–Kier alpha value is -5.19. The van der Waals surface area contributed by atoms with Gasteiger partial charge in [-0.1, -0.05) is 72.8 Å². The van der Waals surface area contributed by atoms with Crippen LogP contribution in [0, 0.1) is 0 Å². The first-order chi connectivity index (χ1) is 20.8. The maximum absolute atomic E-state index is 16.1. The number of alkyl halides is 2. The highest BCUT2D eigenvalue weighted by Gasteiger charge is 2.51. The molecule has 0 saturated carbocycles. The third kappa shape index (κ3) is 9.42. The van der Waals surface area contributed by atoms with E-state index in [1.54, 1.807) is 97.3 Å². The number of nitrogens with one attached hydrogen (secondary N) is 2. The van der Waals surface area contributed by atoms with E-state index >= 15 is 8.78 Å². The van der Waals surface area contributed by atoms with Crippen molar-refractivity contribution in [2.75, 3.05) is 0 Å². The number of halogens is 2. The van der Waals surface area contributed by atoms with Gasteiger partial charge in [0.05, 0.1) is 0 Å². The van der Waals surface area contributed by atoms with Gasteiger partial charge in [0.25, 0.3) is 0 Å². The van der Waals surface area contributed by atoms with Crippen molar-refractivity contribution >= 4 is 18.0 Å². The molecule has 2 heterocycles. The summed E-state index contributed by atoms with van der Waals surface area (Å²) in [6.45, 7) is -0.387. The van der Waals surface area contributed by atoms with Crippen molar-refractivity contribution in [3.05, 3.63) is 132 Å². The molecule has 2 aromatic heterocycles. The lowest BCUT2D eigenvalue weighted by molar-refractivity contribution is -0.149. The summed E-state index contributed by atoms with van der Waals surface area (Å²) in [5, 5.41) is 4.47. The fourth-order valence-corrected chi connectivity index (χ4v) is 4.22. The molecule has 0 aliphatic heterocycles. The number of hydrogen-bond acceptors (Lipinski definition) is 7. The molecule has 9 nitrogen and oxygen atoms in total. The number of Topliss-reactive ketones (excluding diaryl/α,β-unsaturated/α-hetero) is 1. The second-order valence-corrected chi connectivity index (χ2v) is 9.64. The summed E-state index contributed by atoms with van der Waals surface area (Å²) in [7, 11) is 0. The van der Waals surface area contributed by atoms with E-state index in [1.807, 2.05) is 0 Å². The average molecular weight is 589 g/mol. The van der Waals surface area contributed by atoms with E-state index in [9.17, 15) is 14.4 Å². The van der Waals surface area contributed by atoms with Crippen LogP contribution >= 0.6 is 0 Å². The molecule has 4 rings (SSSR count). The molecule has 2 N–H and O–H groups in total. The number of ketones is 1. The van der Waals surface area contributed by atoms with E-state index < -0.39 is 36.0 Å². The van der Waals surface area contributed by atoms with E-state index in [0.29, 0.717) is 22.3 Å². The van der Waals surface area contributed by atoms with Crippen LogP contribution in [0.15, 0.2) is 110 Å². The van der Waals surface area contributed by atoms with Crippen molar-refractivity contribution < 1.29 is 32.6 Å². The van der Waals surface area contributed by atoms with E-state index in [4.69, 9.17) is 9.47 Å². The Morgan fingerprint density at radius 1 is 0.651 bits per heavy atom. The minimum Gasteiger partial charge on any atom is -0.445 e. The Labute approximate surface area is 247 Å². The number of aromatic nitrogens is 2. The Morgan fingerprint density at radius 3 is 1.60 bits per heavy atom. The molecule has 0 saturated heterocycles. The highest BCUT2D eigenvalue weighted by Crippen LogP contribution is 2.26. The second kappa shape index (κ2) is 15.2. The van der Waals surface area contributed by atoms with E-state index in [-0.39, 0.29) is 26.1 Å².